The van der Waals surface area contributed by atoms with Crippen LogP contribution in [0.5, 0.6) is 5.75 Å². The van der Waals surface area contributed by atoms with Crippen LogP contribution < -0.4 is 10.1 Å². The monoisotopic (exact) mass is 249 g/mol. The lowest BCUT2D eigenvalue weighted by atomic mass is 10.0. The summed E-state index contributed by atoms with van der Waals surface area (Å²) >= 11 is 0. The van der Waals surface area contributed by atoms with Gasteiger partial charge in [-0.15, -0.1) is 0 Å². The SMILES string of the molecule is O=C(O)CCCNCc1ccc2c(c1)CCCO2. The van der Waals surface area contributed by atoms with Gasteiger partial charge in [0.25, 0.3) is 0 Å². The van der Waals surface area contributed by atoms with Crippen molar-refractivity contribution in [3.05, 3.63) is 29.3 Å². The van der Waals surface area contributed by atoms with Crippen molar-refractivity contribution in [1.82, 2.24) is 5.32 Å². The zero-order chi connectivity index (χ0) is 12.8. The predicted molar refractivity (Wildman–Crippen MR) is 68.8 cm³/mol. The Morgan fingerprint density at radius 1 is 1.44 bits per heavy atom. The van der Waals surface area contributed by atoms with Crippen LogP contribution in [0.15, 0.2) is 18.2 Å². The van der Waals surface area contributed by atoms with Gasteiger partial charge in [-0.05, 0) is 43.0 Å². The minimum Gasteiger partial charge on any atom is -0.493 e. The van der Waals surface area contributed by atoms with Gasteiger partial charge in [-0.3, -0.25) is 4.79 Å². The van der Waals surface area contributed by atoms with Crippen molar-refractivity contribution in [2.75, 3.05) is 13.2 Å². The van der Waals surface area contributed by atoms with Gasteiger partial charge in [0.15, 0.2) is 0 Å². The lowest BCUT2D eigenvalue weighted by Crippen LogP contribution is -2.16. The number of hydrogen-bond donors (Lipinski definition) is 2. The van der Waals surface area contributed by atoms with Gasteiger partial charge in [0.2, 0.25) is 0 Å². The normalized spacial score (nSPS) is 13.8. The maximum absolute atomic E-state index is 10.4. The zero-order valence-electron chi connectivity index (χ0n) is 10.4. The van der Waals surface area contributed by atoms with Gasteiger partial charge in [0, 0.05) is 13.0 Å². The van der Waals surface area contributed by atoms with Crippen molar-refractivity contribution < 1.29 is 14.6 Å². The van der Waals surface area contributed by atoms with Crippen LogP contribution in [-0.4, -0.2) is 24.2 Å². The Morgan fingerprint density at radius 2 is 2.33 bits per heavy atom. The largest absolute Gasteiger partial charge is 0.493 e. The second kappa shape index (κ2) is 6.40. The number of carbonyl (C=O) groups is 1. The standard InChI is InChI=1S/C14H19NO3/c16-14(17)4-1-7-15-10-11-5-6-13-12(9-11)3-2-8-18-13/h5-6,9,15H,1-4,7-8,10H2,(H,16,17). The molecule has 0 saturated carbocycles. The molecule has 0 aliphatic carbocycles. The van der Waals surface area contributed by atoms with Gasteiger partial charge in [0.1, 0.15) is 5.75 Å². The first kappa shape index (κ1) is 12.9. The summed E-state index contributed by atoms with van der Waals surface area (Å²) in [5.74, 6) is 0.276. The van der Waals surface area contributed by atoms with E-state index in [9.17, 15) is 4.79 Å². The molecule has 1 aromatic carbocycles. The van der Waals surface area contributed by atoms with Crippen LogP contribution >= 0.6 is 0 Å². The molecule has 4 heteroatoms. The molecule has 98 valence electrons. The van der Waals surface area contributed by atoms with Crippen LogP contribution in [0, 0.1) is 0 Å². The van der Waals surface area contributed by atoms with Gasteiger partial charge >= 0.3 is 5.97 Å². The van der Waals surface area contributed by atoms with E-state index in [0.29, 0.717) is 6.42 Å². The molecule has 0 unspecified atom stereocenters. The Hall–Kier alpha value is -1.55. The van der Waals surface area contributed by atoms with E-state index in [1.165, 1.54) is 11.1 Å². The summed E-state index contributed by atoms with van der Waals surface area (Å²) in [4.78, 5) is 10.4. The van der Waals surface area contributed by atoms with Gasteiger partial charge in [0.05, 0.1) is 6.61 Å². The average Bonchev–Trinajstić information content (AvgIpc) is 2.38. The summed E-state index contributed by atoms with van der Waals surface area (Å²) < 4.78 is 5.56. The lowest BCUT2D eigenvalue weighted by molar-refractivity contribution is -0.137. The van der Waals surface area contributed by atoms with E-state index >= 15 is 0 Å². The first-order valence-electron chi connectivity index (χ1n) is 6.43. The number of rotatable bonds is 6. The molecule has 0 atom stereocenters. The fourth-order valence-corrected chi connectivity index (χ4v) is 2.12. The number of carboxylic acid groups (broad SMARTS) is 1. The summed E-state index contributed by atoms with van der Waals surface area (Å²) in [6, 6.07) is 6.27. The predicted octanol–water partition coefficient (Wildman–Crippen LogP) is 1.97. The van der Waals surface area contributed by atoms with Crippen molar-refractivity contribution in [2.24, 2.45) is 0 Å². The summed E-state index contributed by atoms with van der Waals surface area (Å²) in [5, 5.41) is 11.8. The van der Waals surface area contributed by atoms with Crippen LogP contribution in [0.25, 0.3) is 0 Å². The van der Waals surface area contributed by atoms with E-state index in [1.54, 1.807) is 0 Å². The highest BCUT2D eigenvalue weighted by molar-refractivity contribution is 5.66. The molecule has 0 saturated heterocycles. The van der Waals surface area contributed by atoms with Crippen LogP contribution in [-0.2, 0) is 17.8 Å². The Kier molecular flexibility index (Phi) is 4.59. The van der Waals surface area contributed by atoms with E-state index in [2.05, 4.69) is 17.4 Å². The Balaban J connectivity index is 1.77. The van der Waals surface area contributed by atoms with Gasteiger partial charge in [-0.25, -0.2) is 0 Å². The summed E-state index contributed by atoms with van der Waals surface area (Å²) in [7, 11) is 0. The molecule has 1 aliphatic rings. The van der Waals surface area contributed by atoms with Crippen molar-refractivity contribution in [1.29, 1.82) is 0 Å². The number of benzene rings is 1. The first-order chi connectivity index (χ1) is 8.75. The van der Waals surface area contributed by atoms with Gasteiger partial charge in [-0.2, -0.15) is 0 Å². The van der Waals surface area contributed by atoms with Crippen molar-refractivity contribution >= 4 is 5.97 Å². The topological polar surface area (TPSA) is 58.6 Å². The van der Waals surface area contributed by atoms with E-state index < -0.39 is 5.97 Å². The lowest BCUT2D eigenvalue weighted by Gasteiger charge is -2.18. The van der Waals surface area contributed by atoms with Crippen LogP contribution in [0.4, 0.5) is 0 Å². The smallest absolute Gasteiger partial charge is 0.303 e. The molecule has 18 heavy (non-hydrogen) atoms. The van der Waals surface area contributed by atoms with E-state index in [0.717, 1.165) is 38.3 Å². The zero-order valence-corrected chi connectivity index (χ0v) is 10.4. The number of aliphatic carboxylic acids is 1. The third-order valence-electron chi connectivity index (χ3n) is 3.05. The molecule has 0 aromatic heterocycles. The molecule has 0 fully saturated rings. The molecule has 1 heterocycles. The molecule has 0 amide bonds. The maximum Gasteiger partial charge on any atom is 0.303 e. The first-order valence-corrected chi connectivity index (χ1v) is 6.43. The van der Waals surface area contributed by atoms with Crippen LogP contribution in [0.2, 0.25) is 0 Å². The second-order valence-electron chi connectivity index (χ2n) is 4.57. The molecule has 2 rings (SSSR count). The van der Waals surface area contributed by atoms with E-state index in [4.69, 9.17) is 9.84 Å². The van der Waals surface area contributed by atoms with Crippen molar-refractivity contribution in [3.8, 4) is 5.75 Å². The molecule has 0 bridgehead atoms. The van der Waals surface area contributed by atoms with Crippen molar-refractivity contribution in [3.63, 3.8) is 0 Å². The van der Waals surface area contributed by atoms with Crippen LogP contribution in [0.1, 0.15) is 30.4 Å². The third kappa shape index (κ3) is 3.74. The molecule has 2 N–H and O–H groups in total. The van der Waals surface area contributed by atoms with Crippen molar-refractivity contribution in [2.45, 2.75) is 32.2 Å². The van der Waals surface area contributed by atoms with Crippen LogP contribution in [0.3, 0.4) is 0 Å². The summed E-state index contributed by atoms with van der Waals surface area (Å²) in [6.45, 7) is 2.34. The van der Waals surface area contributed by atoms with E-state index in [-0.39, 0.29) is 6.42 Å². The molecule has 4 nitrogen and oxygen atoms in total. The number of ether oxygens (including phenoxy) is 1. The quantitative estimate of drug-likeness (QED) is 0.757. The average molecular weight is 249 g/mol. The highest BCUT2D eigenvalue weighted by Gasteiger charge is 2.10. The van der Waals surface area contributed by atoms with Gasteiger partial charge in [-0.1, -0.05) is 12.1 Å². The molecular weight excluding hydrogens is 230 g/mol. The Morgan fingerprint density at radius 3 is 3.17 bits per heavy atom. The molecule has 1 aromatic rings. The molecule has 1 aliphatic heterocycles. The number of aryl methyl sites for hydroxylation is 1. The number of carboxylic acids is 1. The van der Waals surface area contributed by atoms with Gasteiger partial charge < -0.3 is 15.2 Å². The minimum absolute atomic E-state index is 0.227. The Bertz CT molecular complexity index is 418. The number of fused-ring (bicyclic) bond motifs is 1. The van der Waals surface area contributed by atoms with E-state index in [1.807, 2.05) is 6.07 Å². The summed E-state index contributed by atoms with van der Waals surface area (Å²) in [5.41, 5.74) is 2.51. The molecule has 0 radical (unpaired) electrons. The molecule has 0 spiro atoms. The number of nitrogens with one attached hydrogen (secondary N) is 1. The summed E-state index contributed by atoms with van der Waals surface area (Å²) in [6.07, 6.45) is 3.07. The third-order valence-corrected chi connectivity index (χ3v) is 3.05. The highest BCUT2D eigenvalue weighted by Crippen LogP contribution is 2.25. The number of hydrogen-bond acceptors (Lipinski definition) is 3. The fourth-order valence-electron chi connectivity index (χ4n) is 2.12. The Labute approximate surface area is 107 Å². The fraction of sp³-hybridized carbons (Fsp3) is 0.500. The minimum atomic E-state index is -0.734. The second-order valence-corrected chi connectivity index (χ2v) is 4.57. The molecular formula is C14H19NO3. The highest BCUT2D eigenvalue weighted by atomic mass is 16.5. The maximum atomic E-state index is 10.4.